The predicted molar refractivity (Wildman–Crippen MR) is 76.3 cm³/mol. The normalized spacial score (nSPS) is 17.9. The number of esters is 1. The molecule has 1 fully saturated rings. The van der Waals surface area contributed by atoms with E-state index in [-0.39, 0.29) is 17.8 Å². The van der Waals surface area contributed by atoms with E-state index in [1.807, 2.05) is 17.9 Å². The molecule has 0 saturated carbocycles. The lowest BCUT2D eigenvalue weighted by atomic mass is 10.2. The summed E-state index contributed by atoms with van der Waals surface area (Å²) in [5.41, 5.74) is 0.635. The summed E-state index contributed by atoms with van der Waals surface area (Å²) < 4.78 is 18.8. The minimum absolute atomic E-state index is 0.188. The molecule has 0 N–H and O–H groups in total. The molecule has 4 nitrogen and oxygen atoms in total. The molecule has 0 radical (unpaired) electrons. The standard InChI is InChI=1S/C15H21FN2O2/c1-3-20-15(19)12(2)17-8-10-18(11-9-17)14-7-5-4-6-13(14)16/h4-7,12H,3,8-11H2,1-2H3. The average Bonchev–Trinajstić information content (AvgIpc) is 2.47. The molecule has 0 aromatic heterocycles. The van der Waals surface area contributed by atoms with Crippen molar-refractivity contribution in [3.8, 4) is 0 Å². The first kappa shape index (κ1) is 14.8. The first-order chi connectivity index (χ1) is 9.63. The first-order valence-electron chi connectivity index (χ1n) is 7.03. The van der Waals surface area contributed by atoms with Crippen LogP contribution in [0.25, 0.3) is 0 Å². The number of rotatable bonds is 4. The van der Waals surface area contributed by atoms with Crippen LogP contribution in [0.1, 0.15) is 13.8 Å². The molecule has 20 heavy (non-hydrogen) atoms. The molecule has 1 unspecified atom stereocenters. The van der Waals surface area contributed by atoms with Crippen molar-refractivity contribution in [1.29, 1.82) is 0 Å². The summed E-state index contributed by atoms with van der Waals surface area (Å²) in [5.74, 6) is -0.383. The zero-order chi connectivity index (χ0) is 14.5. The highest BCUT2D eigenvalue weighted by atomic mass is 19.1. The number of ether oxygens (including phenoxy) is 1. The average molecular weight is 280 g/mol. The van der Waals surface area contributed by atoms with E-state index in [1.54, 1.807) is 19.1 Å². The molecule has 1 heterocycles. The van der Waals surface area contributed by atoms with Crippen molar-refractivity contribution in [2.75, 3.05) is 37.7 Å². The number of para-hydroxylation sites is 1. The quantitative estimate of drug-likeness (QED) is 0.789. The van der Waals surface area contributed by atoms with Gasteiger partial charge in [0.2, 0.25) is 0 Å². The second-order valence-electron chi connectivity index (χ2n) is 4.90. The first-order valence-corrected chi connectivity index (χ1v) is 7.03. The van der Waals surface area contributed by atoms with E-state index >= 15 is 0 Å². The summed E-state index contributed by atoms with van der Waals surface area (Å²) in [5, 5.41) is 0. The van der Waals surface area contributed by atoms with Gasteiger partial charge < -0.3 is 9.64 Å². The lowest BCUT2D eigenvalue weighted by Gasteiger charge is -2.38. The Morgan fingerprint density at radius 3 is 2.55 bits per heavy atom. The number of nitrogens with zero attached hydrogens (tertiary/aromatic N) is 2. The zero-order valence-corrected chi connectivity index (χ0v) is 12.0. The van der Waals surface area contributed by atoms with E-state index in [9.17, 15) is 9.18 Å². The molecule has 1 aromatic rings. The Bertz CT molecular complexity index is 459. The summed E-state index contributed by atoms with van der Waals surface area (Å²) in [6.07, 6.45) is 0. The molecule has 110 valence electrons. The number of hydrogen-bond donors (Lipinski definition) is 0. The van der Waals surface area contributed by atoms with Crippen LogP contribution in [0.3, 0.4) is 0 Å². The van der Waals surface area contributed by atoms with Crippen LogP contribution >= 0.6 is 0 Å². The van der Waals surface area contributed by atoms with Crippen LogP contribution in [0.15, 0.2) is 24.3 Å². The molecule has 0 amide bonds. The molecule has 0 spiro atoms. The van der Waals surface area contributed by atoms with Crippen molar-refractivity contribution >= 4 is 11.7 Å². The molecular formula is C15H21FN2O2. The van der Waals surface area contributed by atoms with E-state index in [2.05, 4.69) is 4.90 Å². The minimum atomic E-state index is -0.238. The zero-order valence-electron chi connectivity index (χ0n) is 12.0. The van der Waals surface area contributed by atoms with Crippen LogP contribution in [0.5, 0.6) is 0 Å². The van der Waals surface area contributed by atoms with Gasteiger partial charge in [-0.1, -0.05) is 12.1 Å². The van der Waals surface area contributed by atoms with Gasteiger partial charge in [0, 0.05) is 26.2 Å². The topological polar surface area (TPSA) is 32.8 Å². The Morgan fingerprint density at radius 2 is 1.95 bits per heavy atom. The maximum absolute atomic E-state index is 13.7. The van der Waals surface area contributed by atoms with Crippen molar-refractivity contribution < 1.29 is 13.9 Å². The maximum atomic E-state index is 13.7. The third-order valence-corrected chi connectivity index (χ3v) is 3.68. The molecule has 1 saturated heterocycles. The fourth-order valence-corrected chi connectivity index (χ4v) is 2.47. The van der Waals surface area contributed by atoms with Crippen molar-refractivity contribution in [2.45, 2.75) is 19.9 Å². The van der Waals surface area contributed by atoms with Gasteiger partial charge in [-0.05, 0) is 26.0 Å². The SMILES string of the molecule is CCOC(=O)C(C)N1CCN(c2ccccc2F)CC1. The van der Waals surface area contributed by atoms with Crippen LogP contribution in [0, 0.1) is 5.82 Å². The van der Waals surface area contributed by atoms with Gasteiger partial charge in [0.1, 0.15) is 11.9 Å². The van der Waals surface area contributed by atoms with Crippen molar-refractivity contribution in [3.63, 3.8) is 0 Å². The Morgan fingerprint density at radius 1 is 1.30 bits per heavy atom. The number of carbonyl (C=O) groups is 1. The highest BCUT2D eigenvalue weighted by Crippen LogP contribution is 2.20. The summed E-state index contributed by atoms with van der Waals surface area (Å²) >= 11 is 0. The maximum Gasteiger partial charge on any atom is 0.323 e. The fourth-order valence-electron chi connectivity index (χ4n) is 2.47. The highest BCUT2D eigenvalue weighted by Gasteiger charge is 2.27. The fraction of sp³-hybridized carbons (Fsp3) is 0.533. The largest absolute Gasteiger partial charge is 0.465 e. The number of benzene rings is 1. The lowest BCUT2D eigenvalue weighted by molar-refractivity contribution is -0.149. The molecule has 0 aliphatic carbocycles. The van der Waals surface area contributed by atoms with Crippen LogP contribution in [-0.2, 0) is 9.53 Å². The van der Waals surface area contributed by atoms with E-state index < -0.39 is 0 Å². The van der Waals surface area contributed by atoms with Crippen molar-refractivity contribution in [1.82, 2.24) is 4.90 Å². The van der Waals surface area contributed by atoms with Gasteiger partial charge in [-0.25, -0.2) is 4.39 Å². The Balaban J connectivity index is 1.92. The van der Waals surface area contributed by atoms with Gasteiger partial charge >= 0.3 is 5.97 Å². The molecule has 5 heteroatoms. The van der Waals surface area contributed by atoms with Crippen LogP contribution in [0.4, 0.5) is 10.1 Å². The molecule has 1 aromatic carbocycles. The number of piperazine rings is 1. The van der Waals surface area contributed by atoms with E-state index in [0.29, 0.717) is 25.4 Å². The van der Waals surface area contributed by atoms with E-state index in [4.69, 9.17) is 4.74 Å². The van der Waals surface area contributed by atoms with Crippen molar-refractivity contribution in [2.24, 2.45) is 0 Å². The predicted octanol–water partition coefficient (Wildman–Crippen LogP) is 1.90. The molecule has 1 atom stereocenters. The summed E-state index contributed by atoms with van der Waals surface area (Å²) in [7, 11) is 0. The number of halogens is 1. The third kappa shape index (κ3) is 3.28. The number of anilines is 1. The molecule has 1 aliphatic heterocycles. The monoisotopic (exact) mass is 280 g/mol. The minimum Gasteiger partial charge on any atom is -0.465 e. The third-order valence-electron chi connectivity index (χ3n) is 3.68. The summed E-state index contributed by atoms with van der Waals surface area (Å²) in [6.45, 7) is 6.95. The Labute approximate surface area is 119 Å². The van der Waals surface area contributed by atoms with Gasteiger partial charge in [-0.3, -0.25) is 9.69 Å². The van der Waals surface area contributed by atoms with Crippen LogP contribution < -0.4 is 4.90 Å². The van der Waals surface area contributed by atoms with Gasteiger partial charge in [0.25, 0.3) is 0 Å². The van der Waals surface area contributed by atoms with Gasteiger partial charge in [-0.2, -0.15) is 0 Å². The molecule has 0 bridgehead atoms. The number of hydrogen-bond acceptors (Lipinski definition) is 4. The van der Waals surface area contributed by atoms with Gasteiger partial charge in [-0.15, -0.1) is 0 Å². The van der Waals surface area contributed by atoms with Crippen LogP contribution in [-0.4, -0.2) is 49.7 Å². The van der Waals surface area contributed by atoms with Crippen molar-refractivity contribution in [3.05, 3.63) is 30.1 Å². The molecule has 2 rings (SSSR count). The second kappa shape index (κ2) is 6.70. The lowest BCUT2D eigenvalue weighted by Crippen LogP contribution is -2.52. The van der Waals surface area contributed by atoms with Gasteiger partial charge in [0.15, 0.2) is 0 Å². The Hall–Kier alpha value is -1.62. The van der Waals surface area contributed by atoms with E-state index in [1.165, 1.54) is 6.07 Å². The molecular weight excluding hydrogens is 259 g/mol. The Kier molecular flexibility index (Phi) is 4.95. The highest BCUT2D eigenvalue weighted by molar-refractivity contribution is 5.75. The van der Waals surface area contributed by atoms with Crippen LogP contribution in [0.2, 0.25) is 0 Å². The second-order valence-corrected chi connectivity index (χ2v) is 4.90. The summed E-state index contributed by atoms with van der Waals surface area (Å²) in [4.78, 5) is 15.8. The van der Waals surface area contributed by atoms with E-state index in [0.717, 1.165) is 13.1 Å². The smallest absolute Gasteiger partial charge is 0.323 e. The number of carbonyl (C=O) groups excluding carboxylic acids is 1. The summed E-state index contributed by atoms with van der Waals surface area (Å²) in [6, 6.07) is 6.56. The van der Waals surface area contributed by atoms with Gasteiger partial charge in [0.05, 0.1) is 12.3 Å². The molecule has 1 aliphatic rings.